The number of carbonyl (C=O) groups excluding carboxylic acids is 1. The van der Waals surface area contributed by atoms with Crippen LogP contribution in [0.15, 0.2) is 0 Å². The van der Waals surface area contributed by atoms with E-state index in [4.69, 9.17) is 5.73 Å². The molecular weight excluding hydrogens is 238 g/mol. The standard InChI is InChI=1S/C15H31N3O/c1-6-7-8-12(16)13(19)17-11-9-14(2,3)18-15(4,5)10-11/h11-12,18H,6-10,16H2,1-5H3,(H,17,19)/t12-/m0/s1. The zero-order valence-corrected chi connectivity index (χ0v) is 13.2. The van der Waals surface area contributed by atoms with Crippen LogP contribution in [0.25, 0.3) is 0 Å². The Morgan fingerprint density at radius 1 is 1.32 bits per heavy atom. The molecule has 0 aromatic carbocycles. The number of hydrogen-bond donors (Lipinski definition) is 3. The highest BCUT2D eigenvalue weighted by Crippen LogP contribution is 2.28. The molecule has 0 bridgehead atoms. The molecule has 112 valence electrons. The first-order chi connectivity index (χ1) is 8.65. The van der Waals surface area contributed by atoms with Crippen LogP contribution in [0.4, 0.5) is 0 Å². The van der Waals surface area contributed by atoms with E-state index >= 15 is 0 Å². The Hall–Kier alpha value is -0.610. The summed E-state index contributed by atoms with van der Waals surface area (Å²) < 4.78 is 0. The van der Waals surface area contributed by atoms with E-state index in [2.05, 4.69) is 45.3 Å². The number of nitrogens with two attached hydrogens (primary N) is 1. The molecule has 4 N–H and O–H groups in total. The Labute approximate surface area is 117 Å². The fourth-order valence-corrected chi connectivity index (χ4v) is 3.29. The second-order valence-electron chi connectivity index (χ2n) is 7.26. The first kappa shape index (κ1) is 16.4. The summed E-state index contributed by atoms with van der Waals surface area (Å²) in [5.41, 5.74) is 6.03. The maximum absolute atomic E-state index is 12.1. The molecule has 19 heavy (non-hydrogen) atoms. The summed E-state index contributed by atoms with van der Waals surface area (Å²) in [5.74, 6) is 0.00644. The molecule has 1 saturated heterocycles. The van der Waals surface area contributed by atoms with Gasteiger partial charge in [0.25, 0.3) is 0 Å². The van der Waals surface area contributed by atoms with Crippen molar-refractivity contribution in [2.45, 2.75) is 89.9 Å². The Kier molecular flexibility index (Phi) is 5.39. The molecule has 0 saturated carbocycles. The van der Waals surface area contributed by atoms with Gasteiger partial charge < -0.3 is 16.4 Å². The van der Waals surface area contributed by atoms with Crippen molar-refractivity contribution in [3.63, 3.8) is 0 Å². The summed E-state index contributed by atoms with van der Waals surface area (Å²) >= 11 is 0. The summed E-state index contributed by atoms with van der Waals surface area (Å²) in [6, 6.07) is -0.146. The second kappa shape index (κ2) is 6.23. The molecule has 0 aromatic heterocycles. The largest absolute Gasteiger partial charge is 0.352 e. The van der Waals surface area contributed by atoms with E-state index in [-0.39, 0.29) is 29.1 Å². The summed E-state index contributed by atoms with van der Waals surface area (Å²) in [6.07, 6.45) is 4.76. The third-order valence-corrected chi connectivity index (χ3v) is 3.74. The lowest BCUT2D eigenvalue weighted by atomic mass is 9.79. The molecule has 1 heterocycles. The van der Waals surface area contributed by atoms with Crippen molar-refractivity contribution >= 4 is 5.91 Å². The predicted octanol–water partition coefficient (Wildman–Crippen LogP) is 1.93. The lowest BCUT2D eigenvalue weighted by Crippen LogP contribution is -2.63. The monoisotopic (exact) mass is 269 g/mol. The van der Waals surface area contributed by atoms with Gasteiger partial charge in [0.05, 0.1) is 6.04 Å². The molecule has 1 rings (SSSR count). The Bertz CT molecular complexity index is 297. The van der Waals surface area contributed by atoms with Crippen LogP contribution in [0.3, 0.4) is 0 Å². The molecular formula is C15H31N3O. The first-order valence-corrected chi connectivity index (χ1v) is 7.50. The maximum atomic E-state index is 12.1. The maximum Gasteiger partial charge on any atom is 0.237 e. The predicted molar refractivity (Wildman–Crippen MR) is 80.0 cm³/mol. The van der Waals surface area contributed by atoms with Gasteiger partial charge in [0.1, 0.15) is 0 Å². The molecule has 1 aliphatic rings. The van der Waals surface area contributed by atoms with Gasteiger partial charge in [-0.1, -0.05) is 19.8 Å². The van der Waals surface area contributed by atoms with Gasteiger partial charge in [0.2, 0.25) is 5.91 Å². The van der Waals surface area contributed by atoms with Gasteiger partial charge in [-0.2, -0.15) is 0 Å². The van der Waals surface area contributed by atoms with Crippen LogP contribution >= 0.6 is 0 Å². The smallest absolute Gasteiger partial charge is 0.237 e. The topological polar surface area (TPSA) is 67.2 Å². The van der Waals surface area contributed by atoms with Gasteiger partial charge in [-0.05, 0) is 47.0 Å². The van der Waals surface area contributed by atoms with Crippen molar-refractivity contribution in [3.8, 4) is 0 Å². The molecule has 1 amide bonds. The normalized spacial score (nSPS) is 23.9. The summed E-state index contributed by atoms with van der Waals surface area (Å²) in [5, 5.41) is 6.75. The SMILES string of the molecule is CCCC[C@H](N)C(=O)NC1CC(C)(C)NC(C)(C)C1. The number of amides is 1. The molecule has 0 aromatic rings. The quantitative estimate of drug-likeness (QED) is 0.714. The van der Waals surface area contributed by atoms with Crippen LogP contribution in [0, 0.1) is 0 Å². The fraction of sp³-hybridized carbons (Fsp3) is 0.933. The van der Waals surface area contributed by atoms with Gasteiger partial charge in [0, 0.05) is 17.1 Å². The average Bonchev–Trinajstić information content (AvgIpc) is 2.20. The Morgan fingerprint density at radius 2 is 1.84 bits per heavy atom. The van der Waals surface area contributed by atoms with Crippen molar-refractivity contribution in [2.75, 3.05) is 0 Å². The van der Waals surface area contributed by atoms with Crippen LogP contribution in [-0.4, -0.2) is 29.1 Å². The molecule has 0 unspecified atom stereocenters. The molecule has 0 aliphatic carbocycles. The second-order valence-corrected chi connectivity index (χ2v) is 7.26. The van der Waals surface area contributed by atoms with Crippen LogP contribution in [0.1, 0.15) is 66.7 Å². The molecule has 1 atom stereocenters. The van der Waals surface area contributed by atoms with Gasteiger partial charge in [-0.3, -0.25) is 4.79 Å². The van der Waals surface area contributed by atoms with Crippen LogP contribution in [-0.2, 0) is 4.79 Å². The number of nitrogens with one attached hydrogen (secondary N) is 2. The van der Waals surface area contributed by atoms with Gasteiger partial charge in [-0.15, -0.1) is 0 Å². The van der Waals surface area contributed by atoms with Crippen molar-refractivity contribution in [1.82, 2.24) is 10.6 Å². The minimum Gasteiger partial charge on any atom is -0.352 e. The van der Waals surface area contributed by atoms with Crippen molar-refractivity contribution in [2.24, 2.45) is 5.73 Å². The van der Waals surface area contributed by atoms with E-state index < -0.39 is 0 Å². The van der Waals surface area contributed by atoms with Crippen LogP contribution < -0.4 is 16.4 Å². The lowest BCUT2D eigenvalue weighted by Gasteiger charge is -2.46. The summed E-state index contributed by atoms with van der Waals surface area (Å²) in [7, 11) is 0. The molecule has 0 radical (unpaired) electrons. The summed E-state index contributed by atoms with van der Waals surface area (Å²) in [4.78, 5) is 12.1. The van der Waals surface area contributed by atoms with Crippen LogP contribution in [0.2, 0.25) is 0 Å². The van der Waals surface area contributed by atoms with Gasteiger partial charge in [0.15, 0.2) is 0 Å². The number of piperidine rings is 1. The van der Waals surface area contributed by atoms with E-state index in [1.807, 2.05) is 0 Å². The molecule has 1 aliphatic heterocycles. The average molecular weight is 269 g/mol. The summed E-state index contributed by atoms with van der Waals surface area (Å²) in [6.45, 7) is 10.9. The number of hydrogen-bond acceptors (Lipinski definition) is 3. The highest BCUT2D eigenvalue weighted by Gasteiger charge is 2.38. The third kappa shape index (κ3) is 5.49. The highest BCUT2D eigenvalue weighted by atomic mass is 16.2. The molecule has 4 nitrogen and oxygen atoms in total. The van der Waals surface area contributed by atoms with Gasteiger partial charge in [-0.25, -0.2) is 0 Å². The molecule has 1 fully saturated rings. The van der Waals surface area contributed by atoms with E-state index in [1.165, 1.54) is 0 Å². The fourth-order valence-electron chi connectivity index (χ4n) is 3.29. The molecule has 0 spiro atoms. The first-order valence-electron chi connectivity index (χ1n) is 7.50. The number of unbranched alkanes of at least 4 members (excludes halogenated alkanes) is 1. The Morgan fingerprint density at radius 3 is 2.32 bits per heavy atom. The zero-order chi connectivity index (χ0) is 14.7. The number of carbonyl (C=O) groups is 1. The van der Waals surface area contributed by atoms with Gasteiger partial charge >= 0.3 is 0 Å². The third-order valence-electron chi connectivity index (χ3n) is 3.74. The van der Waals surface area contributed by atoms with Crippen molar-refractivity contribution < 1.29 is 4.79 Å². The molecule has 4 heteroatoms. The van der Waals surface area contributed by atoms with E-state index in [0.29, 0.717) is 0 Å². The van der Waals surface area contributed by atoms with Crippen LogP contribution in [0.5, 0.6) is 0 Å². The highest BCUT2D eigenvalue weighted by molar-refractivity contribution is 5.81. The van der Waals surface area contributed by atoms with Crippen molar-refractivity contribution in [1.29, 1.82) is 0 Å². The Balaban J connectivity index is 2.54. The lowest BCUT2D eigenvalue weighted by molar-refractivity contribution is -0.123. The van der Waals surface area contributed by atoms with Crippen molar-refractivity contribution in [3.05, 3.63) is 0 Å². The van der Waals surface area contributed by atoms with E-state index in [0.717, 1.165) is 32.1 Å². The minimum atomic E-state index is -0.360. The van der Waals surface area contributed by atoms with E-state index in [1.54, 1.807) is 0 Å². The number of rotatable bonds is 5. The van der Waals surface area contributed by atoms with E-state index in [9.17, 15) is 4.79 Å². The minimum absolute atomic E-state index is 0.00644. The zero-order valence-electron chi connectivity index (χ0n) is 13.2.